The minimum Gasteiger partial charge on any atom is -0.352 e. The third-order valence-electron chi connectivity index (χ3n) is 4.02. The van der Waals surface area contributed by atoms with E-state index in [2.05, 4.69) is 47.1 Å². The highest BCUT2D eigenvalue weighted by molar-refractivity contribution is 7.09. The average molecular weight is 335 g/mol. The zero-order chi connectivity index (χ0) is 16.6. The fourth-order valence-corrected chi connectivity index (χ4v) is 3.44. The molecule has 1 heterocycles. The van der Waals surface area contributed by atoms with Crippen molar-refractivity contribution in [3.05, 3.63) is 93.7 Å². The number of hydrogen-bond donors (Lipinski definition) is 1. The van der Waals surface area contributed by atoms with Gasteiger partial charge in [0.2, 0.25) is 0 Å². The van der Waals surface area contributed by atoms with Crippen LogP contribution in [0.25, 0.3) is 0 Å². The number of aryl methyl sites for hydroxylation is 2. The molecule has 2 aromatic carbocycles. The molecule has 2 nitrogen and oxygen atoms in total. The summed E-state index contributed by atoms with van der Waals surface area (Å²) in [4.78, 5) is 13.8. The van der Waals surface area contributed by atoms with E-state index in [0.717, 1.165) is 30.4 Å². The second-order valence-corrected chi connectivity index (χ2v) is 6.76. The molecule has 1 N–H and O–H groups in total. The van der Waals surface area contributed by atoms with Crippen LogP contribution in [0, 0.1) is 0 Å². The number of thiophene rings is 1. The summed E-state index contributed by atoms with van der Waals surface area (Å²) in [5.74, 6) is 0.0233. The molecular formula is C21H21NOS. The van der Waals surface area contributed by atoms with Crippen molar-refractivity contribution in [3.63, 3.8) is 0 Å². The predicted octanol–water partition coefficient (Wildman–Crippen LogP) is 4.51. The van der Waals surface area contributed by atoms with Gasteiger partial charge in [-0.2, -0.15) is 0 Å². The summed E-state index contributed by atoms with van der Waals surface area (Å²) in [5, 5.41) is 5.11. The molecule has 0 saturated carbocycles. The molecule has 1 aromatic heterocycles. The van der Waals surface area contributed by atoms with Gasteiger partial charge in [-0.05, 0) is 47.9 Å². The molecule has 24 heavy (non-hydrogen) atoms. The highest BCUT2D eigenvalue weighted by Crippen LogP contribution is 2.13. The molecule has 1 amide bonds. The first-order valence-electron chi connectivity index (χ1n) is 8.25. The van der Waals surface area contributed by atoms with E-state index in [4.69, 9.17) is 0 Å². The van der Waals surface area contributed by atoms with Crippen molar-refractivity contribution in [2.75, 3.05) is 6.54 Å². The summed E-state index contributed by atoms with van der Waals surface area (Å²) >= 11 is 1.73. The Bertz CT molecular complexity index is 766. The molecule has 0 aliphatic heterocycles. The maximum absolute atomic E-state index is 12.5. The maximum Gasteiger partial charge on any atom is 0.251 e. The van der Waals surface area contributed by atoms with Crippen LogP contribution in [-0.4, -0.2) is 12.5 Å². The molecule has 0 aliphatic rings. The number of carbonyl (C=O) groups excluding carboxylic acids is 1. The normalized spacial score (nSPS) is 10.5. The van der Waals surface area contributed by atoms with Gasteiger partial charge >= 0.3 is 0 Å². The SMILES string of the molecule is O=C(NCCc1cccs1)c1ccccc1CCc1ccccc1. The zero-order valence-electron chi connectivity index (χ0n) is 13.6. The van der Waals surface area contributed by atoms with Crippen LogP contribution in [0.2, 0.25) is 0 Å². The molecule has 0 spiro atoms. The fraction of sp³-hybridized carbons (Fsp3) is 0.190. The van der Waals surface area contributed by atoms with E-state index < -0.39 is 0 Å². The van der Waals surface area contributed by atoms with Crippen molar-refractivity contribution in [1.29, 1.82) is 0 Å². The van der Waals surface area contributed by atoms with Crippen molar-refractivity contribution in [1.82, 2.24) is 5.32 Å². The minimum absolute atomic E-state index is 0.0233. The van der Waals surface area contributed by atoms with Crippen LogP contribution in [0.3, 0.4) is 0 Å². The predicted molar refractivity (Wildman–Crippen MR) is 101 cm³/mol. The van der Waals surface area contributed by atoms with Crippen LogP contribution in [0.1, 0.15) is 26.4 Å². The van der Waals surface area contributed by atoms with Gasteiger partial charge in [0, 0.05) is 17.0 Å². The van der Waals surface area contributed by atoms with Crippen molar-refractivity contribution in [3.8, 4) is 0 Å². The first-order chi connectivity index (χ1) is 11.8. The van der Waals surface area contributed by atoms with E-state index >= 15 is 0 Å². The van der Waals surface area contributed by atoms with Gasteiger partial charge in [0.15, 0.2) is 0 Å². The van der Waals surface area contributed by atoms with Crippen molar-refractivity contribution >= 4 is 17.2 Å². The molecule has 0 fully saturated rings. The van der Waals surface area contributed by atoms with E-state index in [0.29, 0.717) is 6.54 Å². The Labute approximate surface area is 147 Å². The second kappa shape index (κ2) is 8.46. The van der Waals surface area contributed by atoms with Crippen molar-refractivity contribution < 1.29 is 4.79 Å². The summed E-state index contributed by atoms with van der Waals surface area (Å²) in [6.07, 6.45) is 2.70. The van der Waals surface area contributed by atoms with Crippen molar-refractivity contribution in [2.24, 2.45) is 0 Å². The lowest BCUT2D eigenvalue weighted by molar-refractivity contribution is 0.0953. The lowest BCUT2D eigenvalue weighted by Crippen LogP contribution is -2.26. The van der Waals surface area contributed by atoms with E-state index in [9.17, 15) is 4.79 Å². The van der Waals surface area contributed by atoms with E-state index in [-0.39, 0.29) is 5.91 Å². The van der Waals surface area contributed by atoms with Crippen LogP contribution in [0.15, 0.2) is 72.1 Å². The molecule has 3 heteroatoms. The quantitative estimate of drug-likeness (QED) is 0.676. The molecule has 0 aliphatic carbocycles. The number of amides is 1. The Hall–Kier alpha value is -2.39. The van der Waals surface area contributed by atoms with Gasteiger partial charge in [-0.1, -0.05) is 54.6 Å². The minimum atomic E-state index is 0.0233. The van der Waals surface area contributed by atoms with Gasteiger partial charge in [-0.15, -0.1) is 11.3 Å². The summed E-state index contributed by atoms with van der Waals surface area (Å²) < 4.78 is 0. The summed E-state index contributed by atoms with van der Waals surface area (Å²) in [6.45, 7) is 0.673. The van der Waals surface area contributed by atoms with Gasteiger partial charge in [0.05, 0.1) is 0 Å². The number of rotatable bonds is 7. The Morgan fingerprint density at radius 2 is 1.62 bits per heavy atom. The molecule has 0 unspecified atom stereocenters. The monoisotopic (exact) mass is 335 g/mol. The number of hydrogen-bond acceptors (Lipinski definition) is 2. The molecular weight excluding hydrogens is 314 g/mol. The molecule has 0 radical (unpaired) electrons. The Balaban J connectivity index is 1.59. The number of carbonyl (C=O) groups is 1. The first kappa shape index (κ1) is 16.5. The Morgan fingerprint density at radius 3 is 2.42 bits per heavy atom. The number of benzene rings is 2. The van der Waals surface area contributed by atoms with Crippen LogP contribution in [0.4, 0.5) is 0 Å². The third kappa shape index (κ3) is 4.56. The zero-order valence-corrected chi connectivity index (χ0v) is 14.4. The number of nitrogens with one attached hydrogen (secondary N) is 1. The van der Waals surface area contributed by atoms with Gasteiger partial charge in [0.25, 0.3) is 5.91 Å². The average Bonchev–Trinajstić information content (AvgIpc) is 3.14. The van der Waals surface area contributed by atoms with E-state index in [1.54, 1.807) is 11.3 Å². The molecule has 0 saturated heterocycles. The van der Waals surface area contributed by atoms with Crippen LogP contribution < -0.4 is 5.32 Å². The van der Waals surface area contributed by atoms with Gasteiger partial charge in [-0.3, -0.25) is 4.79 Å². The largest absolute Gasteiger partial charge is 0.352 e. The standard InChI is InChI=1S/C21H21NOS/c23-21(22-15-14-19-10-6-16-24-19)20-11-5-4-9-18(20)13-12-17-7-2-1-3-8-17/h1-11,16H,12-15H2,(H,22,23). The molecule has 3 rings (SSSR count). The molecule has 0 bridgehead atoms. The molecule has 122 valence electrons. The van der Waals surface area contributed by atoms with E-state index in [1.165, 1.54) is 10.4 Å². The highest BCUT2D eigenvalue weighted by Gasteiger charge is 2.10. The van der Waals surface area contributed by atoms with Crippen LogP contribution in [0.5, 0.6) is 0 Å². The Kier molecular flexibility index (Phi) is 5.80. The summed E-state index contributed by atoms with van der Waals surface area (Å²) in [6, 6.07) is 22.4. The van der Waals surface area contributed by atoms with Crippen LogP contribution >= 0.6 is 11.3 Å². The smallest absolute Gasteiger partial charge is 0.251 e. The van der Waals surface area contributed by atoms with Gasteiger partial charge in [0.1, 0.15) is 0 Å². The molecule has 0 atom stereocenters. The van der Waals surface area contributed by atoms with Crippen molar-refractivity contribution in [2.45, 2.75) is 19.3 Å². The second-order valence-electron chi connectivity index (χ2n) is 5.73. The lowest BCUT2D eigenvalue weighted by atomic mass is 9.99. The lowest BCUT2D eigenvalue weighted by Gasteiger charge is -2.10. The highest BCUT2D eigenvalue weighted by atomic mass is 32.1. The fourth-order valence-electron chi connectivity index (χ4n) is 2.73. The van der Waals surface area contributed by atoms with Gasteiger partial charge in [-0.25, -0.2) is 0 Å². The summed E-state index contributed by atoms with van der Waals surface area (Å²) in [7, 11) is 0. The first-order valence-corrected chi connectivity index (χ1v) is 9.13. The van der Waals surface area contributed by atoms with Gasteiger partial charge < -0.3 is 5.32 Å². The molecule has 3 aromatic rings. The van der Waals surface area contributed by atoms with E-state index in [1.807, 2.05) is 30.3 Å². The topological polar surface area (TPSA) is 29.1 Å². The summed E-state index contributed by atoms with van der Waals surface area (Å²) in [5.41, 5.74) is 3.19. The Morgan fingerprint density at radius 1 is 0.833 bits per heavy atom. The maximum atomic E-state index is 12.5. The third-order valence-corrected chi connectivity index (χ3v) is 4.96. The van der Waals surface area contributed by atoms with Crippen LogP contribution in [-0.2, 0) is 19.3 Å².